The molecule has 2 unspecified atom stereocenters. The van der Waals surface area contributed by atoms with Gasteiger partial charge in [-0.1, -0.05) is 37.3 Å². The Labute approximate surface area is 123 Å². The van der Waals surface area contributed by atoms with Crippen LogP contribution in [0.4, 0.5) is 0 Å². The van der Waals surface area contributed by atoms with Crippen molar-refractivity contribution < 1.29 is 4.74 Å². The highest BCUT2D eigenvalue weighted by atomic mass is 16.5. The van der Waals surface area contributed by atoms with Gasteiger partial charge < -0.3 is 15.0 Å². The van der Waals surface area contributed by atoms with Gasteiger partial charge in [0.05, 0.1) is 0 Å². The first kappa shape index (κ1) is 15.5. The lowest BCUT2D eigenvalue weighted by Crippen LogP contribution is -2.41. The predicted molar refractivity (Wildman–Crippen MR) is 84.0 cm³/mol. The molecule has 1 aliphatic rings. The molecule has 0 amide bonds. The monoisotopic (exact) mass is 276 g/mol. The highest BCUT2D eigenvalue weighted by Gasteiger charge is 2.19. The highest BCUT2D eigenvalue weighted by Crippen LogP contribution is 2.10. The second-order valence-electron chi connectivity index (χ2n) is 6.01. The number of nitrogens with zero attached hydrogens (tertiary/aromatic N) is 1. The number of ether oxygens (including phenoxy) is 1. The van der Waals surface area contributed by atoms with E-state index in [2.05, 4.69) is 47.5 Å². The number of nitrogens with one attached hydrogen (secondary N) is 1. The highest BCUT2D eigenvalue weighted by molar-refractivity contribution is 5.16. The van der Waals surface area contributed by atoms with E-state index in [1.165, 1.54) is 18.5 Å². The van der Waals surface area contributed by atoms with Crippen molar-refractivity contribution in [2.75, 3.05) is 39.9 Å². The summed E-state index contributed by atoms with van der Waals surface area (Å²) >= 11 is 0. The third-order valence-corrected chi connectivity index (χ3v) is 3.91. The Morgan fingerprint density at radius 3 is 2.90 bits per heavy atom. The van der Waals surface area contributed by atoms with Crippen LogP contribution in [0.25, 0.3) is 0 Å². The van der Waals surface area contributed by atoms with Crippen molar-refractivity contribution in [1.29, 1.82) is 0 Å². The minimum absolute atomic E-state index is 0.564. The van der Waals surface area contributed by atoms with Crippen molar-refractivity contribution in [3.63, 3.8) is 0 Å². The lowest BCUT2D eigenvalue weighted by molar-refractivity contribution is 0.128. The summed E-state index contributed by atoms with van der Waals surface area (Å²) in [5, 5.41) is 3.69. The minimum atomic E-state index is 0.564. The van der Waals surface area contributed by atoms with E-state index in [0.29, 0.717) is 12.0 Å². The smallest absolute Gasteiger partial charge is 0.0500 e. The fourth-order valence-electron chi connectivity index (χ4n) is 3.06. The van der Waals surface area contributed by atoms with Crippen molar-refractivity contribution in [2.45, 2.75) is 25.8 Å². The van der Waals surface area contributed by atoms with Crippen LogP contribution in [0.1, 0.15) is 18.9 Å². The van der Waals surface area contributed by atoms with Gasteiger partial charge in [-0.25, -0.2) is 0 Å². The summed E-state index contributed by atoms with van der Waals surface area (Å²) in [6, 6.07) is 11.4. The van der Waals surface area contributed by atoms with Gasteiger partial charge in [-0.2, -0.15) is 0 Å². The molecule has 1 fully saturated rings. The zero-order valence-corrected chi connectivity index (χ0v) is 12.8. The summed E-state index contributed by atoms with van der Waals surface area (Å²) in [5.41, 5.74) is 1.43. The number of hydrogen-bond acceptors (Lipinski definition) is 3. The molecule has 1 aromatic carbocycles. The van der Waals surface area contributed by atoms with Crippen molar-refractivity contribution in [3.05, 3.63) is 35.9 Å². The molecule has 1 aromatic rings. The Morgan fingerprint density at radius 2 is 2.15 bits per heavy atom. The zero-order valence-electron chi connectivity index (χ0n) is 12.8. The van der Waals surface area contributed by atoms with Gasteiger partial charge in [-0.05, 0) is 37.4 Å². The van der Waals surface area contributed by atoms with E-state index in [0.717, 1.165) is 32.7 Å². The molecule has 20 heavy (non-hydrogen) atoms. The standard InChI is InChI=1S/C17H28N2O/c1-15(14-20-2)12-19-10-6-9-18-17(13-19)11-16-7-4-3-5-8-16/h3-5,7-8,15,17-18H,6,9-14H2,1-2H3. The summed E-state index contributed by atoms with van der Waals surface area (Å²) in [5.74, 6) is 0.607. The van der Waals surface area contributed by atoms with Gasteiger partial charge in [-0.15, -0.1) is 0 Å². The van der Waals surface area contributed by atoms with Crippen LogP contribution in [0.5, 0.6) is 0 Å². The van der Waals surface area contributed by atoms with Gasteiger partial charge in [0.25, 0.3) is 0 Å². The maximum absolute atomic E-state index is 5.26. The Bertz CT molecular complexity index is 369. The molecule has 0 aliphatic carbocycles. The molecule has 3 heteroatoms. The van der Waals surface area contributed by atoms with Gasteiger partial charge in [0.1, 0.15) is 0 Å². The molecule has 3 nitrogen and oxygen atoms in total. The molecule has 2 rings (SSSR count). The Balaban J connectivity index is 1.86. The molecular weight excluding hydrogens is 248 g/mol. The molecule has 0 saturated carbocycles. The molecule has 1 aliphatic heterocycles. The number of rotatable bonds is 6. The van der Waals surface area contributed by atoms with Crippen molar-refractivity contribution >= 4 is 0 Å². The van der Waals surface area contributed by atoms with E-state index in [1.54, 1.807) is 7.11 Å². The molecular formula is C17H28N2O. The molecule has 2 atom stereocenters. The summed E-state index contributed by atoms with van der Waals surface area (Å²) in [6.07, 6.45) is 2.36. The average Bonchev–Trinajstić information content (AvgIpc) is 2.65. The van der Waals surface area contributed by atoms with Crippen LogP contribution in [0.2, 0.25) is 0 Å². The number of hydrogen-bond donors (Lipinski definition) is 1. The van der Waals surface area contributed by atoms with Gasteiger partial charge in [0.2, 0.25) is 0 Å². The third-order valence-electron chi connectivity index (χ3n) is 3.91. The van der Waals surface area contributed by atoms with Gasteiger partial charge in [0, 0.05) is 32.8 Å². The molecule has 1 N–H and O–H groups in total. The van der Waals surface area contributed by atoms with E-state index in [-0.39, 0.29) is 0 Å². The van der Waals surface area contributed by atoms with Crippen LogP contribution in [-0.2, 0) is 11.2 Å². The van der Waals surface area contributed by atoms with Crippen molar-refractivity contribution in [3.8, 4) is 0 Å². The zero-order chi connectivity index (χ0) is 14.2. The van der Waals surface area contributed by atoms with E-state index in [9.17, 15) is 0 Å². The molecule has 0 radical (unpaired) electrons. The summed E-state index contributed by atoms with van der Waals surface area (Å²) < 4.78 is 5.26. The molecule has 112 valence electrons. The maximum atomic E-state index is 5.26. The normalized spacial score (nSPS) is 22.4. The van der Waals surface area contributed by atoms with E-state index in [4.69, 9.17) is 4.74 Å². The molecule has 1 heterocycles. The van der Waals surface area contributed by atoms with Crippen LogP contribution in [0, 0.1) is 5.92 Å². The van der Waals surface area contributed by atoms with Gasteiger partial charge >= 0.3 is 0 Å². The lowest BCUT2D eigenvalue weighted by Gasteiger charge is -2.27. The van der Waals surface area contributed by atoms with E-state index >= 15 is 0 Å². The van der Waals surface area contributed by atoms with Gasteiger partial charge in [-0.3, -0.25) is 0 Å². The fraction of sp³-hybridized carbons (Fsp3) is 0.647. The molecule has 0 spiro atoms. The van der Waals surface area contributed by atoms with Crippen LogP contribution in [0.3, 0.4) is 0 Å². The summed E-state index contributed by atoms with van der Waals surface area (Å²) in [6.45, 7) is 7.74. The Kier molecular flexibility index (Phi) is 6.51. The summed E-state index contributed by atoms with van der Waals surface area (Å²) in [4.78, 5) is 2.59. The SMILES string of the molecule is COCC(C)CN1CCCNC(Cc2ccccc2)C1. The number of benzene rings is 1. The molecule has 0 bridgehead atoms. The predicted octanol–water partition coefficient (Wildman–Crippen LogP) is 2.18. The Morgan fingerprint density at radius 1 is 1.35 bits per heavy atom. The second-order valence-corrected chi connectivity index (χ2v) is 6.01. The minimum Gasteiger partial charge on any atom is -0.384 e. The summed E-state index contributed by atoms with van der Waals surface area (Å²) in [7, 11) is 1.79. The molecule has 1 saturated heterocycles. The van der Waals surface area contributed by atoms with E-state index in [1.807, 2.05) is 0 Å². The number of methoxy groups -OCH3 is 1. The van der Waals surface area contributed by atoms with E-state index < -0.39 is 0 Å². The lowest BCUT2D eigenvalue weighted by atomic mass is 10.1. The fourth-order valence-corrected chi connectivity index (χ4v) is 3.06. The topological polar surface area (TPSA) is 24.5 Å². The van der Waals surface area contributed by atoms with Crippen LogP contribution in [0.15, 0.2) is 30.3 Å². The first-order valence-corrected chi connectivity index (χ1v) is 7.76. The van der Waals surface area contributed by atoms with Crippen LogP contribution in [-0.4, -0.2) is 50.8 Å². The molecule has 0 aromatic heterocycles. The first-order chi connectivity index (χ1) is 9.78. The van der Waals surface area contributed by atoms with Crippen molar-refractivity contribution in [1.82, 2.24) is 10.2 Å². The average molecular weight is 276 g/mol. The largest absolute Gasteiger partial charge is 0.384 e. The van der Waals surface area contributed by atoms with Crippen LogP contribution < -0.4 is 5.32 Å². The third kappa shape index (κ3) is 5.23. The second kappa shape index (κ2) is 8.40. The maximum Gasteiger partial charge on any atom is 0.0500 e. The quantitative estimate of drug-likeness (QED) is 0.862. The van der Waals surface area contributed by atoms with Gasteiger partial charge in [0.15, 0.2) is 0 Å². The Hall–Kier alpha value is -0.900. The van der Waals surface area contributed by atoms with Crippen molar-refractivity contribution in [2.24, 2.45) is 5.92 Å². The van der Waals surface area contributed by atoms with Crippen LogP contribution >= 0.6 is 0 Å². The first-order valence-electron chi connectivity index (χ1n) is 7.76.